The Balaban J connectivity index is 1.94. The van der Waals surface area contributed by atoms with E-state index in [9.17, 15) is 4.79 Å². The maximum absolute atomic E-state index is 12.0. The Morgan fingerprint density at radius 2 is 2.43 bits per heavy atom. The van der Waals surface area contributed by atoms with Gasteiger partial charge in [0.25, 0.3) is 5.91 Å². The van der Waals surface area contributed by atoms with E-state index in [2.05, 4.69) is 12.2 Å². The summed E-state index contributed by atoms with van der Waals surface area (Å²) in [6, 6.07) is 0.306. The molecule has 0 aliphatic carbocycles. The summed E-state index contributed by atoms with van der Waals surface area (Å²) >= 11 is 0. The van der Waals surface area contributed by atoms with Crippen molar-refractivity contribution in [2.24, 2.45) is 0 Å². The van der Waals surface area contributed by atoms with Crippen molar-refractivity contribution in [3.05, 3.63) is 0 Å². The van der Waals surface area contributed by atoms with Gasteiger partial charge in [-0.2, -0.15) is 0 Å². The third-order valence-electron chi connectivity index (χ3n) is 2.99. The van der Waals surface area contributed by atoms with Crippen LogP contribution in [-0.2, 0) is 9.53 Å². The lowest BCUT2D eigenvalue weighted by molar-refractivity contribution is -0.143. The van der Waals surface area contributed by atoms with Crippen molar-refractivity contribution in [3.8, 4) is 0 Å². The van der Waals surface area contributed by atoms with Crippen LogP contribution in [0.25, 0.3) is 0 Å². The van der Waals surface area contributed by atoms with Crippen molar-refractivity contribution in [1.82, 2.24) is 10.2 Å². The Morgan fingerprint density at radius 3 is 3.07 bits per heavy atom. The highest BCUT2D eigenvalue weighted by molar-refractivity contribution is 5.81. The lowest BCUT2D eigenvalue weighted by Crippen LogP contribution is -2.54. The zero-order valence-electron chi connectivity index (χ0n) is 8.66. The largest absolute Gasteiger partial charge is 0.368 e. The Labute approximate surface area is 84.6 Å². The van der Waals surface area contributed by atoms with Gasteiger partial charge in [0.1, 0.15) is 6.10 Å². The molecule has 2 saturated heterocycles. The van der Waals surface area contributed by atoms with Gasteiger partial charge < -0.3 is 15.0 Å². The highest BCUT2D eigenvalue weighted by Gasteiger charge is 2.31. The molecule has 2 aliphatic heterocycles. The molecule has 2 aliphatic rings. The van der Waals surface area contributed by atoms with Crippen LogP contribution in [0, 0.1) is 0 Å². The van der Waals surface area contributed by atoms with Gasteiger partial charge in [0.2, 0.25) is 0 Å². The summed E-state index contributed by atoms with van der Waals surface area (Å²) in [6.45, 7) is 5.46. The predicted octanol–water partition coefficient (Wildman–Crippen LogP) is -0.0143. The zero-order valence-corrected chi connectivity index (χ0v) is 8.66. The first-order valence-electron chi connectivity index (χ1n) is 5.42. The molecule has 0 bridgehead atoms. The molecule has 2 rings (SSSR count). The third-order valence-corrected chi connectivity index (χ3v) is 2.99. The molecule has 4 nitrogen and oxygen atoms in total. The van der Waals surface area contributed by atoms with Crippen molar-refractivity contribution in [2.45, 2.75) is 31.9 Å². The molecule has 0 aromatic heterocycles. The van der Waals surface area contributed by atoms with E-state index < -0.39 is 0 Å². The molecular weight excluding hydrogens is 180 g/mol. The van der Waals surface area contributed by atoms with E-state index >= 15 is 0 Å². The summed E-state index contributed by atoms with van der Waals surface area (Å²) in [4.78, 5) is 13.9. The molecule has 2 atom stereocenters. The van der Waals surface area contributed by atoms with Crippen LogP contribution in [0.15, 0.2) is 0 Å². The maximum Gasteiger partial charge on any atom is 0.252 e. The fraction of sp³-hybridized carbons (Fsp3) is 0.900. The van der Waals surface area contributed by atoms with E-state index in [1.807, 2.05) is 4.90 Å². The smallest absolute Gasteiger partial charge is 0.252 e. The van der Waals surface area contributed by atoms with Gasteiger partial charge in [0, 0.05) is 32.3 Å². The summed E-state index contributed by atoms with van der Waals surface area (Å²) in [7, 11) is 0. The third kappa shape index (κ3) is 1.91. The van der Waals surface area contributed by atoms with Crippen molar-refractivity contribution in [3.63, 3.8) is 0 Å². The zero-order chi connectivity index (χ0) is 9.97. The lowest BCUT2D eigenvalue weighted by Gasteiger charge is -2.35. The summed E-state index contributed by atoms with van der Waals surface area (Å²) in [5.41, 5.74) is 0. The normalized spacial score (nSPS) is 33.4. The van der Waals surface area contributed by atoms with Crippen molar-refractivity contribution in [2.75, 3.05) is 26.2 Å². The Bertz CT molecular complexity index is 214. The average molecular weight is 198 g/mol. The van der Waals surface area contributed by atoms with Gasteiger partial charge in [-0.1, -0.05) is 0 Å². The number of rotatable bonds is 1. The van der Waals surface area contributed by atoms with Crippen LogP contribution < -0.4 is 5.32 Å². The van der Waals surface area contributed by atoms with Crippen LogP contribution in [0.2, 0.25) is 0 Å². The summed E-state index contributed by atoms with van der Waals surface area (Å²) in [6.07, 6.45) is 1.77. The number of piperazine rings is 1. The van der Waals surface area contributed by atoms with E-state index in [1.54, 1.807) is 0 Å². The minimum atomic E-state index is -0.157. The van der Waals surface area contributed by atoms with E-state index in [-0.39, 0.29) is 12.0 Å². The molecule has 1 N–H and O–H groups in total. The van der Waals surface area contributed by atoms with Gasteiger partial charge in [-0.15, -0.1) is 0 Å². The molecule has 80 valence electrons. The van der Waals surface area contributed by atoms with Gasteiger partial charge in [-0.3, -0.25) is 4.79 Å². The number of carbonyl (C=O) groups is 1. The number of carbonyl (C=O) groups excluding carboxylic acids is 1. The summed E-state index contributed by atoms with van der Waals surface area (Å²) in [5.74, 6) is 0.191. The molecule has 1 unspecified atom stereocenters. The number of amides is 1. The molecule has 0 saturated carbocycles. The van der Waals surface area contributed by atoms with Crippen molar-refractivity contribution in [1.29, 1.82) is 0 Å². The maximum atomic E-state index is 12.0. The fourth-order valence-corrected chi connectivity index (χ4v) is 2.13. The van der Waals surface area contributed by atoms with Crippen LogP contribution in [0.1, 0.15) is 19.8 Å². The molecular formula is C10H18N2O2. The monoisotopic (exact) mass is 198 g/mol. The van der Waals surface area contributed by atoms with Crippen LogP contribution in [0.5, 0.6) is 0 Å². The van der Waals surface area contributed by atoms with E-state index in [0.29, 0.717) is 6.04 Å². The fourth-order valence-electron chi connectivity index (χ4n) is 2.13. The number of ether oxygens (including phenoxy) is 1. The van der Waals surface area contributed by atoms with E-state index in [0.717, 1.165) is 39.1 Å². The van der Waals surface area contributed by atoms with E-state index in [1.165, 1.54) is 0 Å². The highest BCUT2D eigenvalue weighted by atomic mass is 16.5. The SMILES string of the molecule is CC1CNCCN1C(=O)[C@@H]1CCCO1. The molecule has 0 spiro atoms. The molecule has 1 amide bonds. The Hall–Kier alpha value is -0.610. The summed E-state index contributed by atoms with van der Waals surface area (Å²) < 4.78 is 5.40. The minimum absolute atomic E-state index is 0.157. The van der Waals surface area contributed by atoms with Crippen LogP contribution in [0.4, 0.5) is 0 Å². The van der Waals surface area contributed by atoms with Crippen LogP contribution in [-0.4, -0.2) is 49.2 Å². The van der Waals surface area contributed by atoms with Crippen molar-refractivity contribution >= 4 is 5.91 Å². The second-order valence-corrected chi connectivity index (χ2v) is 4.09. The second-order valence-electron chi connectivity index (χ2n) is 4.09. The molecule has 2 fully saturated rings. The number of hydrogen-bond acceptors (Lipinski definition) is 3. The molecule has 0 aromatic carbocycles. The molecule has 2 heterocycles. The number of hydrogen-bond donors (Lipinski definition) is 1. The molecule has 4 heteroatoms. The van der Waals surface area contributed by atoms with Gasteiger partial charge >= 0.3 is 0 Å². The molecule has 0 aromatic rings. The average Bonchev–Trinajstić information content (AvgIpc) is 2.70. The first-order chi connectivity index (χ1) is 6.79. The predicted molar refractivity (Wildman–Crippen MR) is 53.0 cm³/mol. The van der Waals surface area contributed by atoms with Gasteiger partial charge in [-0.25, -0.2) is 0 Å². The standard InChI is InChI=1S/C10H18N2O2/c1-8-7-11-4-5-12(8)10(13)9-3-2-6-14-9/h8-9,11H,2-7H2,1H3/t8?,9-/m0/s1. The van der Waals surface area contributed by atoms with Crippen molar-refractivity contribution < 1.29 is 9.53 Å². The van der Waals surface area contributed by atoms with Gasteiger partial charge in [-0.05, 0) is 19.8 Å². The highest BCUT2D eigenvalue weighted by Crippen LogP contribution is 2.16. The first kappa shape index (κ1) is 9.93. The first-order valence-corrected chi connectivity index (χ1v) is 5.42. The molecule has 0 radical (unpaired) electrons. The summed E-state index contributed by atoms with van der Waals surface area (Å²) in [5, 5.41) is 3.28. The lowest BCUT2D eigenvalue weighted by atomic mass is 10.1. The van der Waals surface area contributed by atoms with Gasteiger partial charge in [0.15, 0.2) is 0 Å². The molecule has 14 heavy (non-hydrogen) atoms. The van der Waals surface area contributed by atoms with Crippen LogP contribution in [0.3, 0.4) is 0 Å². The van der Waals surface area contributed by atoms with Gasteiger partial charge in [0.05, 0.1) is 0 Å². The Morgan fingerprint density at radius 1 is 1.57 bits per heavy atom. The quantitative estimate of drug-likeness (QED) is 0.644. The van der Waals surface area contributed by atoms with E-state index in [4.69, 9.17) is 4.74 Å². The number of nitrogens with one attached hydrogen (secondary N) is 1. The van der Waals surface area contributed by atoms with Crippen LogP contribution >= 0.6 is 0 Å². The number of nitrogens with zero attached hydrogens (tertiary/aromatic N) is 1. The minimum Gasteiger partial charge on any atom is -0.368 e. The topological polar surface area (TPSA) is 41.6 Å². The second kappa shape index (κ2) is 4.28. The Kier molecular flexibility index (Phi) is 3.03.